The molecule has 0 unspecified atom stereocenters. The number of aromatic nitrogens is 1. The molecule has 0 radical (unpaired) electrons. The topological polar surface area (TPSA) is 117 Å². The molecule has 1 aromatic heterocycles. The van der Waals surface area contributed by atoms with Crippen molar-refractivity contribution < 1.29 is 24.9 Å². The Morgan fingerprint density at radius 2 is 1.61 bits per heavy atom. The SMILES string of the molecule is CCCc1ccc(-n2c(O)c(N=Nc3cccc(-c4ccc(OC(=O)O)cc4)c3O)c3ccccc32)cc1. The van der Waals surface area contributed by atoms with Crippen molar-refractivity contribution in [2.24, 2.45) is 10.2 Å². The maximum atomic E-state index is 11.2. The highest BCUT2D eigenvalue weighted by molar-refractivity contribution is 5.96. The zero-order chi connectivity index (χ0) is 26.6. The summed E-state index contributed by atoms with van der Waals surface area (Å²) in [6.45, 7) is 2.14. The third-order valence-electron chi connectivity index (χ3n) is 6.20. The summed E-state index contributed by atoms with van der Waals surface area (Å²) in [6.07, 6.45) is 0.641. The van der Waals surface area contributed by atoms with Gasteiger partial charge in [-0.15, -0.1) is 10.2 Å². The van der Waals surface area contributed by atoms with Crippen LogP contribution in [0, 0.1) is 0 Å². The van der Waals surface area contributed by atoms with E-state index in [1.807, 2.05) is 36.4 Å². The normalized spacial score (nSPS) is 11.3. The maximum absolute atomic E-state index is 11.2. The number of carboxylic acid groups (broad SMARTS) is 1. The van der Waals surface area contributed by atoms with Gasteiger partial charge in [-0.1, -0.05) is 67.9 Å². The summed E-state index contributed by atoms with van der Waals surface area (Å²) in [5.74, 6) is 0.0178. The van der Waals surface area contributed by atoms with Crippen molar-refractivity contribution >= 4 is 28.4 Å². The molecule has 0 spiro atoms. The van der Waals surface area contributed by atoms with Crippen molar-refractivity contribution in [1.82, 2.24) is 4.57 Å². The van der Waals surface area contributed by atoms with Gasteiger partial charge in [-0.3, -0.25) is 4.57 Å². The van der Waals surface area contributed by atoms with E-state index < -0.39 is 6.16 Å². The predicted octanol–water partition coefficient (Wildman–Crippen LogP) is 8.13. The highest BCUT2D eigenvalue weighted by atomic mass is 16.7. The van der Waals surface area contributed by atoms with Crippen molar-refractivity contribution in [3.63, 3.8) is 0 Å². The molecule has 38 heavy (non-hydrogen) atoms. The van der Waals surface area contributed by atoms with Gasteiger partial charge in [0.25, 0.3) is 0 Å². The van der Waals surface area contributed by atoms with E-state index in [2.05, 4.69) is 34.0 Å². The minimum Gasteiger partial charge on any atom is -0.505 e. The van der Waals surface area contributed by atoms with Gasteiger partial charge in [-0.2, -0.15) is 0 Å². The summed E-state index contributed by atoms with van der Waals surface area (Å²) in [5, 5.41) is 40.2. The molecule has 0 saturated heterocycles. The second-order valence-electron chi connectivity index (χ2n) is 8.71. The van der Waals surface area contributed by atoms with Crippen LogP contribution in [0.4, 0.5) is 16.2 Å². The molecule has 0 aliphatic rings. The summed E-state index contributed by atoms with van der Waals surface area (Å²) in [5.41, 5.74) is 4.45. The van der Waals surface area contributed by atoms with Gasteiger partial charge in [0.1, 0.15) is 11.4 Å². The minimum atomic E-state index is -1.40. The van der Waals surface area contributed by atoms with E-state index in [-0.39, 0.29) is 23.1 Å². The van der Waals surface area contributed by atoms with Gasteiger partial charge in [0.05, 0.1) is 5.52 Å². The molecule has 0 amide bonds. The van der Waals surface area contributed by atoms with E-state index in [4.69, 9.17) is 5.11 Å². The first-order valence-corrected chi connectivity index (χ1v) is 12.1. The summed E-state index contributed by atoms with van der Waals surface area (Å²) < 4.78 is 6.37. The summed E-state index contributed by atoms with van der Waals surface area (Å²) in [4.78, 5) is 10.7. The van der Waals surface area contributed by atoms with E-state index >= 15 is 0 Å². The van der Waals surface area contributed by atoms with E-state index in [0.29, 0.717) is 16.8 Å². The molecular formula is C30H25N3O5. The number of phenolic OH excluding ortho intramolecular Hbond substituents is 1. The number of azo groups is 1. The maximum Gasteiger partial charge on any atom is 0.511 e. The number of ether oxygens (including phenoxy) is 1. The molecule has 0 fully saturated rings. The van der Waals surface area contributed by atoms with Crippen LogP contribution < -0.4 is 4.74 Å². The molecule has 5 aromatic rings. The van der Waals surface area contributed by atoms with Crippen molar-refractivity contribution in [2.45, 2.75) is 19.8 Å². The summed E-state index contributed by atoms with van der Waals surface area (Å²) in [7, 11) is 0. The molecule has 8 nitrogen and oxygen atoms in total. The highest BCUT2D eigenvalue weighted by Crippen LogP contribution is 2.43. The van der Waals surface area contributed by atoms with Crippen LogP contribution >= 0.6 is 0 Å². The second-order valence-corrected chi connectivity index (χ2v) is 8.71. The zero-order valence-corrected chi connectivity index (χ0v) is 20.6. The third kappa shape index (κ3) is 4.79. The number of aromatic hydroxyl groups is 2. The molecule has 0 bridgehead atoms. The lowest BCUT2D eigenvalue weighted by Gasteiger charge is -2.08. The molecule has 4 aromatic carbocycles. The summed E-state index contributed by atoms with van der Waals surface area (Å²) in [6, 6.07) is 26.9. The molecule has 0 atom stereocenters. The summed E-state index contributed by atoms with van der Waals surface area (Å²) >= 11 is 0. The zero-order valence-electron chi connectivity index (χ0n) is 20.6. The number of para-hydroxylation sites is 2. The number of phenols is 1. The first kappa shape index (κ1) is 24.6. The third-order valence-corrected chi connectivity index (χ3v) is 6.20. The Balaban J connectivity index is 1.51. The van der Waals surface area contributed by atoms with Crippen LogP contribution in [0.2, 0.25) is 0 Å². The van der Waals surface area contributed by atoms with Gasteiger partial charge >= 0.3 is 6.16 Å². The van der Waals surface area contributed by atoms with Crippen LogP contribution in [0.15, 0.2) is 101 Å². The van der Waals surface area contributed by atoms with Gasteiger partial charge in [0.2, 0.25) is 5.88 Å². The van der Waals surface area contributed by atoms with Crippen LogP contribution in [-0.4, -0.2) is 26.0 Å². The Hall–Kier alpha value is -5.11. The van der Waals surface area contributed by atoms with Crippen molar-refractivity contribution in [2.75, 3.05) is 0 Å². The number of aryl methyl sites for hydroxylation is 1. The average Bonchev–Trinajstić information content (AvgIpc) is 3.20. The van der Waals surface area contributed by atoms with E-state index in [1.165, 1.54) is 17.7 Å². The minimum absolute atomic E-state index is 0.0529. The van der Waals surface area contributed by atoms with Crippen LogP contribution in [0.5, 0.6) is 17.4 Å². The Bertz CT molecular complexity index is 1640. The molecule has 5 rings (SSSR count). The molecular weight excluding hydrogens is 482 g/mol. The first-order valence-electron chi connectivity index (χ1n) is 12.1. The molecule has 0 aliphatic heterocycles. The van der Waals surface area contributed by atoms with Gasteiger partial charge in [0, 0.05) is 16.6 Å². The predicted molar refractivity (Wildman–Crippen MR) is 145 cm³/mol. The molecule has 190 valence electrons. The van der Waals surface area contributed by atoms with E-state index in [9.17, 15) is 15.0 Å². The van der Waals surface area contributed by atoms with Gasteiger partial charge in [-0.25, -0.2) is 4.79 Å². The number of nitrogens with zero attached hydrogens (tertiary/aromatic N) is 3. The van der Waals surface area contributed by atoms with Crippen LogP contribution in [-0.2, 0) is 6.42 Å². The Kier molecular flexibility index (Phi) is 6.78. The molecule has 1 heterocycles. The Labute approximate surface area is 218 Å². The first-order chi connectivity index (χ1) is 18.5. The second kappa shape index (κ2) is 10.5. The van der Waals surface area contributed by atoms with Crippen LogP contribution in [0.1, 0.15) is 18.9 Å². The number of hydrogen-bond donors (Lipinski definition) is 3. The number of hydrogen-bond acceptors (Lipinski definition) is 6. The smallest absolute Gasteiger partial charge is 0.505 e. The Morgan fingerprint density at radius 3 is 2.32 bits per heavy atom. The monoisotopic (exact) mass is 507 g/mol. The van der Waals surface area contributed by atoms with Crippen LogP contribution in [0.25, 0.3) is 27.7 Å². The molecule has 0 saturated carbocycles. The van der Waals surface area contributed by atoms with Gasteiger partial charge in [-0.05, 0) is 53.9 Å². The van der Waals surface area contributed by atoms with Gasteiger partial charge < -0.3 is 20.1 Å². The average molecular weight is 508 g/mol. The molecule has 8 heteroatoms. The standard InChI is InChI=1S/C30H25N3O5/c1-2-6-19-11-15-21(16-12-19)33-26-10-4-3-7-24(26)27(29(33)35)32-31-25-9-5-8-23(28(25)34)20-13-17-22(18-14-20)38-30(36)37/h3-5,7-18,34-35H,2,6H2,1H3,(H,36,37). The lowest BCUT2D eigenvalue weighted by molar-refractivity contribution is 0.144. The van der Waals surface area contributed by atoms with Crippen LogP contribution in [0.3, 0.4) is 0 Å². The van der Waals surface area contributed by atoms with Crippen molar-refractivity contribution in [3.8, 4) is 34.2 Å². The quantitative estimate of drug-likeness (QED) is 0.117. The van der Waals surface area contributed by atoms with Crippen molar-refractivity contribution in [1.29, 1.82) is 0 Å². The highest BCUT2D eigenvalue weighted by Gasteiger charge is 2.18. The lowest BCUT2D eigenvalue weighted by Crippen LogP contribution is -2.02. The fourth-order valence-corrected chi connectivity index (χ4v) is 4.42. The van der Waals surface area contributed by atoms with Gasteiger partial charge in [0.15, 0.2) is 11.4 Å². The number of benzene rings is 4. The molecule has 3 N–H and O–H groups in total. The molecule has 0 aliphatic carbocycles. The fourth-order valence-electron chi connectivity index (χ4n) is 4.42. The number of rotatable bonds is 7. The van der Waals surface area contributed by atoms with E-state index in [1.54, 1.807) is 34.9 Å². The van der Waals surface area contributed by atoms with Crippen molar-refractivity contribution in [3.05, 3.63) is 96.6 Å². The fraction of sp³-hybridized carbons (Fsp3) is 0.100. The number of carbonyl (C=O) groups is 1. The number of fused-ring (bicyclic) bond motifs is 1. The Morgan fingerprint density at radius 1 is 0.868 bits per heavy atom. The largest absolute Gasteiger partial charge is 0.511 e. The lowest BCUT2D eigenvalue weighted by atomic mass is 10.0. The van der Waals surface area contributed by atoms with E-state index in [0.717, 1.165) is 29.4 Å².